The highest BCUT2D eigenvalue weighted by Crippen LogP contribution is 2.33. The van der Waals surface area contributed by atoms with Crippen molar-refractivity contribution in [3.8, 4) is 0 Å². The van der Waals surface area contributed by atoms with Crippen molar-refractivity contribution in [2.75, 3.05) is 13.6 Å². The van der Waals surface area contributed by atoms with Gasteiger partial charge in [0.25, 0.3) is 0 Å². The molecule has 1 fully saturated rings. The number of hydrogen-bond donors (Lipinski definition) is 2. The Morgan fingerprint density at radius 3 is 2.42 bits per heavy atom. The van der Waals surface area contributed by atoms with Gasteiger partial charge in [-0.1, -0.05) is 20.8 Å². The molecule has 0 saturated carbocycles. The predicted octanol–water partition coefficient (Wildman–Crippen LogP) is 3.40. The van der Waals surface area contributed by atoms with Crippen LogP contribution >= 0.6 is 0 Å². The van der Waals surface area contributed by atoms with Crippen LogP contribution < -0.4 is 10.6 Å². The van der Waals surface area contributed by atoms with Crippen molar-refractivity contribution in [1.82, 2.24) is 20.5 Å². The monoisotopic (exact) mass is 437 g/mol. The van der Waals surface area contributed by atoms with E-state index in [1.807, 2.05) is 41.5 Å². The summed E-state index contributed by atoms with van der Waals surface area (Å²) >= 11 is 0. The van der Waals surface area contributed by atoms with E-state index in [2.05, 4.69) is 41.4 Å². The molecular formula is C22H39N5O4. The van der Waals surface area contributed by atoms with Crippen molar-refractivity contribution in [3.63, 3.8) is 0 Å². The number of amides is 1. The van der Waals surface area contributed by atoms with Gasteiger partial charge in [0.15, 0.2) is 5.96 Å². The Labute approximate surface area is 186 Å². The molecule has 9 nitrogen and oxygen atoms in total. The second-order valence-electron chi connectivity index (χ2n) is 10.4. The average molecular weight is 438 g/mol. The summed E-state index contributed by atoms with van der Waals surface area (Å²) in [5.41, 5.74) is -1.45. The number of carbonyl (C=O) groups excluding carboxylic acids is 1. The van der Waals surface area contributed by atoms with Crippen LogP contribution in [-0.4, -0.2) is 59.0 Å². The topological polar surface area (TPSA) is 101 Å². The Kier molecular flexibility index (Phi) is 7.30. The van der Waals surface area contributed by atoms with Crippen molar-refractivity contribution in [2.24, 2.45) is 4.99 Å². The summed E-state index contributed by atoms with van der Waals surface area (Å²) in [5.74, 6) is 2.00. The molecule has 1 amide bonds. The van der Waals surface area contributed by atoms with Gasteiger partial charge >= 0.3 is 6.09 Å². The average Bonchev–Trinajstić information content (AvgIpc) is 3.15. The van der Waals surface area contributed by atoms with Crippen LogP contribution in [0.4, 0.5) is 4.79 Å². The first-order chi connectivity index (χ1) is 14.1. The minimum atomic E-state index is -0.771. The number of guanidine groups is 1. The Morgan fingerprint density at radius 2 is 1.90 bits per heavy atom. The van der Waals surface area contributed by atoms with E-state index in [-0.39, 0.29) is 17.6 Å². The lowest BCUT2D eigenvalue weighted by molar-refractivity contribution is -0.0755. The minimum absolute atomic E-state index is 0.0955. The maximum atomic E-state index is 12.9. The molecule has 31 heavy (non-hydrogen) atoms. The van der Waals surface area contributed by atoms with E-state index >= 15 is 0 Å². The SMILES string of the molecule is CN=C(NCc1ncc(C(C)(C)C)o1)NCC1C(C)OC(C)(C)N1C(=O)OC(C)(C)C. The summed E-state index contributed by atoms with van der Waals surface area (Å²) in [7, 11) is 1.69. The van der Waals surface area contributed by atoms with Crippen molar-refractivity contribution < 1.29 is 18.7 Å². The Balaban J connectivity index is 2.00. The maximum absolute atomic E-state index is 12.9. The zero-order chi connectivity index (χ0) is 23.6. The van der Waals surface area contributed by atoms with Crippen LogP contribution in [0.5, 0.6) is 0 Å². The first-order valence-electron chi connectivity index (χ1n) is 10.7. The summed E-state index contributed by atoms with van der Waals surface area (Å²) in [6, 6.07) is -0.224. The second-order valence-corrected chi connectivity index (χ2v) is 10.4. The molecule has 9 heteroatoms. The summed E-state index contributed by atoms with van der Waals surface area (Å²) in [6.07, 6.45) is 1.19. The Hall–Kier alpha value is -2.29. The van der Waals surface area contributed by atoms with E-state index in [4.69, 9.17) is 13.9 Å². The Morgan fingerprint density at radius 1 is 1.26 bits per heavy atom. The van der Waals surface area contributed by atoms with E-state index in [0.29, 0.717) is 24.9 Å². The second kappa shape index (κ2) is 9.06. The number of aromatic nitrogens is 1. The summed E-state index contributed by atoms with van der Waals surface area (Å²) in [4.78, 5) is 23.1. The molecule has 2 rings (SSSR count). The lowest BCUT2D eigenvalue weighted by atomic mass is 9.94. The molecule has 0 spiro atoms. The van der Waals surface area contributed by atoms with Crippen LogP contribution in [0.1, 0.15) is 74.0 Å². The van der Waals surface area contributed by atoms with Gasteiger partial charge in [-0.3, -0.25) is 9.89 Å². The van der Waals surface area contributed by atoms with Gasteiger partial charge in [0.1, 0.15) is 17.1 Å². The van der Waals surface area contributed by atoms with Gasteiger partial charge in [0, 0.05) is 19.0 Å². The fraction of sp³-hybridized carbons (Fsp3) is 0.773. The fourth-order valence-corrected chi connectivity index (χ4v) is 3.44. The molecule has 1 saturated heterocycles. The van der Waals surface area contributed by atoms with Gasteiger partial charge in [-0.15, -0.1) is 0 Å². The Bertz CT molecular complexity index is 789. The molecule has 1 aliphatic rings. The normalized spacial score (nSPS) is 21.9. The molecule has 2 N–H and O–H groups in total. The number of nitrogens with zero attached hydrogens (tertiary/aromatic N) is 3. The van der Waals surface area contributed by atoms with E-state index in [1.165, 1.54) is 0 Å². The third kappa shape index (κ3) is 6.59. The van der Waals surface area contributed by atoms with E-state index in [0.717, 1.165) is 5.76 Å². The molecule has 0 aromatic carbocycles. The third-order valence-electron chi connectivity index (χ3n) is 4.92. The largest absolute Gasteiger partial charge is 0.444 e. The number of carbonyl (C=O) groups is 1. The van der Waals surface area contributed by atoms with Crippen LogP contribution in [0.2, 0.25) is 0 Å². The third-order valence-corrected chi connectivity index (χ3v) is 4.92. The van der Waals surface area contributed by atoms with Crippen LogP contribution in [0.3, 0.4) is 0 Å². The van der Waals surface area contributed by atoms with Crippen molar-refractivity contribution in [3.05, 3.63) is 17.8 Å². The van der Waals surface area contributed by atoms with Crippen molar-refractivity contribution in [1.29, 1.82) is 0 Å². The van der Waals surface area contributed by atoms with Crippen LogP contribution in [0, 0.1) is 0 Å². The van der Waals surface area contributed by atoms with Crippen molar-refractivity contribution >= 4 is 12.1 Å². The molecular weight excluding hydrogens is 398 g/mol. The fourth-order valence-electron chi connectivity index (χ4n) is 3.44. The van der Waals surface area contributed by atoms with Gasteiger partial charge in [0.2, 0.25) is 5.89 Å². The van der Waals surface area contributed by atoms with Crippen LogP contribution in [0.25, 0.3) is 0 Å². The highest BCUT2D eigenvalue weighted by atomic mass is 16.6. The molecule has 1 aromatic heterocycles. The highest BCUT2D eigenvalue weighted by Gasteiger charge is 2.49. The molecule has 1 aliphatic heterocycles. The highest BCUT2D eigenvalue weighted by molar-refractivity contribution is 5.79. The van der Waals surface area contributed by atoms with Gasteiger partial charge in [0.05, 0.1) is 24.9 Å². The van der Waals surface area contributed by atoms with Crippen LogP contribution in [-0.2, 0) is 21.4 Å². The smallest absolute Gasteiger partial charge is 0.412 e. The lowest BCUT2D eigenvalue weighted by Crippen LogP contribution is -2.54. The lowest BCUT2D eigenvalue weighted by Gasteiger charge is -2.35. The first-order valence-corrected chi connectivity index (χ1v) is 10.7. The van der Waals surface area contributed by atoms with Gasteiger partial charge in [-0.2, -0.15) is 0 Å². The van der Waals surface area contributed by atoms with E-state index in [9.17, 15) is 4.79 Å². The molecule has 1 aromatic rings. The number of ether oxygens (including phenoxy) is 2. The molecule has 0 radical (unpaired) electrons. The quantitative estimate of drug-likeness (QED) is 0.550. The summed E-state index contributed by atoms with van der Waals surface area (Å²) in [5, 5.41) is 6.47. The van der Waals surface area contributed by atoms with Gasteiger partial charge in [-0.05, 0) is 41.5 Å². The van der Waals surface area contributed by atoms with Gasteiger partial charge in [-0.25, -0.2) is 9.78 Å². The molecule has 2 heterocycles. The van der Waals surface area contributed by atoms with Gasteiger partial charge < -0.3 is 24.5 Å². The van der Waals surface area contributed by atoms with E-state index in [1.54, 1.807) is 18.1 Å². The van der Waals surface area contributed by atoms with Crippen LogP contribution in [0.15, 0.2) is 15.6 Å². The zero-order valence-electron chi connectivity index (χ0n) is 20.6. The summed E-state index contributed by atoms with van der Waals surface area (Å²) in [6.45, 7) is 18.3. The number of hydrogen-bond acceptors (Lipinski definition) is 6. The zero-order valence-corrected chi connectivity index (χ0v) is 20.6. The number of aliphatic imine (C=N–C) groups is 1. The first kappa shape index (κ1) is 25.0. The molecule has 176 valence electrons. The standard InChI is InChI=1S/C22H39N5O4/c1-14-15(27(22(8,9)30-14)19(28)31-21(5,6)7)11-25-18(23-10)26-13-17-24-12-16(29-17)20(2,3)4/h12,14-15H,11,13H2,1-10H3,(H2,23,25,26). The van der Waals surface area contributed by atoms with Crippen molar-refractivity contribution in [2.45, 2.75) is 97.7 Å². The molecule has 0 bridgehead atoms. The number of rotatable bonds is 4. The summed E-state index contributed by atoms with van der Waals surface area (Å²) < 4.78 is 17.5. The molecule has 0 aliphatic carbocycles. The number of nitrogens with one attached hydrogen (secondary N) is 2. The predicted molar refractivity (Wildman–Crippen MR) is 120 cm³/mol. The van der Waals surface area contributed by atoms with E-state index < -0.39 is 17.4 Å². The maximum Gasteiger partial charge on any atom is 0.412 e. The number of oxazole rings is 1. The molecule has 2 atom stereocenters. The minimum Gasteiger partial charge on any atom is -0.444 e. The molecule has 2 unspecified atom stereocenters.